The van der Waals surface area contributed by atoms with Crippen molar-refractivity contribution in [1.29, 1.82) is 0 Å². The molecule has 0 aromatic carbocycles. The third kappa shape index (κ3) is 2.52. The number of piperidine rings is 1. The lowest BCUT2D eigenvalue weighted by atomic mass is 9.88. The molecule has 2 bridgehead atoms. The maximum absolute atomic E-state index is 11.5. The van der Waals surface area contributed by atoms with Crippen LogP contribution in [0.25, 0.3) is 0 Å². The monoisotopic (exact) mass is 346 g/mol. The Balaban J connectivity index is 1.72. The largest absolute Gasteiger partial charge is 0.375 e. The molecule has 0 saturated carbocycles. The highest BCUT2D eigenvalue weighted by Crippen LogP contribution is 2.45. The molecule has 2 aromatic heterocycles. The fraction of sp³-hybridized carbons (Fsp3) is 0.474. The van der Waals surface area contributed by atoms with Crippen LogP contribution in [0.15, 0.2) is 46.7 Å². The van der Waals surface area contributed by atoms with E-state index in [1.165, 1.54) is 18.4 Å². The van der Waals surface area contributed by atoms with Gasteiger partial charge in [0.15, 0.2) is 5.60 Å². The van der Waals surface area contributed by atoms with E-state index in [1.807, 2.05) is 12.1 Å². The average Bonchev–Trinajstić information content (AvgIpc) is 3.22. The van der Waals surface area contributed by atoms with E-state index in [1.54, 1.807) is 22.7 Å². The van der Waals surface area contributed by atoms with Crippen LogP contribution in [0.2, 0.25) is 0 Å². The maximum Gasteiger partial charge on any atom is 0.152 e. The Kier molecular flexibility index (Phi) is 3.76. The molecule has 0 spiro atoms. The molecule has 2 aliphatic rings. The fourth-order valence-electron chi connectivity index (χ4n) is 4.38. The van der Waals surface area contributed by atoms with Gasteiger partial charge in [0.05, 0.1) is 26.2 Å². The van der Waals surface area contributed by atoms with Gasteiger partial charge >= 0.3 is 0 Å². The van der Waals surface area contributed by atoms with Crippen molar-refractivity contribution in [2.45, 2.75) is 43.4 Å². The van der Waals surface area contributed by atoms with Gasteiger partial charge < -0.3 is 9.59 Å². The normalized spacial score (nSPS) is 28.4. The van der Waals surface area contributed by atoms with Gasteiger partial charge in [0.1, 0.15) is 0 Å². The molecule has 122 valence electrons. The van der Waals surface area contributed by atoms with Gasteiger partial charge in [0, 0.05) is 35.4 Å². The first-order valence-electron chi connectivity index (χ1n) is 8.34. The molecule has 4 heteroatoms. The van der Waals surface area contributed by atoms with Gasteiger partial charge in [-0.25, -0.2) is 0 Å². The highest BCUT2D eigenvalue weighted by molar-refractivity contribution is 7.11. The highest BCUT2D eigenvalue weighted by atomic mass is 32.1. The molecule has 2 atom stereocenters. The Hall–Kier alpha value is -0.940. The first-order valence-corrected chi connectivity index (χ1v) is 10.1. The molecule has 2 fully saturated rings. The number of rotatable bonds is 3. The molecule has 0 amide bonds. The molecular formula is C19H24NOS2+. The Labute approximate surface area is 146 Å². The summed E-state index contributed by atoms with van der Waals surface area (Å²) in [4.78, 5) is 2.05. The molecule has 1 N–H and O–H groups in total. The van der Waals surface area contributed by atoms with E-state index in [0.717, 1.165) is 39.2 Å². The Morgan fingerprint density at radius 2 is 1.57 bits per heavy atom. The minimum absolute atomic E-state index is 0.718. The van der Waals surface area contributed by atoms with Crippen LogP contribution in [0.4, 0.5) is 0 Å². The standard InChI is InChI=1S/C19H24NOS2/c1-20(2)15-7-8-16(20)12-14(11-15)13-19(21,17-5-3-9-22-17)18-6-4-10-23-18/h3-6,9-10,13,15-16,21H,7-8,11-12H2,1-2H3/q+1/b14-13-/t15-,16+/m1/s1. The van der Waals surface area contributed by atoms with Gasteiger partial charge in [-0.05, 0) is 29.0 Å². The highest BCUT2D eigenvalue weighted by Gasteiger charge is 2.47. The van der Waals surface area contributed by atoms with Gasteiger partial charge in [0.2, 0.25) is 0 Å². The molecule has 0 unspecified atom stereocenters. The average molecular weight is 347 g/mol. The summed E-state index contributed by atoms with van der Waals surface area (Å²) >= 11 is 3.28. The lowest BCUT2D eigenvalue weighted by Gasteiger charge is -2.42. The molecule has 0 aliphatic carbocycles. The molecule has 2 aliphatic heterocycles. The summed E-state index contributed by atoms with van der Waals surface area (Å²) in [6.45, 7) is 0. The third-order valence-electron chi connectivity index (χ3n) is 5.92. The Bertz CT molecular complexity index is 648. The minimum Gasteiger partial charge on any atom is -0.375 e. The number of fused-ring (bicyclic) bond motifs is 2. The summed E-state index contributed by atoms with van der Waals surface area (Å²) in [6, 6.07) is 9.60. The molecule has 4 heterocycles. The van der Waals surface area contributed by atoms with Crippen LogP contribution in [0.3, 0.4) is 0 Å². The van der Waals surface area contributed by atoms with Crippen molar-refractivity contribution in [2.75, 3.05) is 14.1 Å². The van der Waals surface area contributed by atoms with E-state index in [-0.39, 0.29) is 0 Å². The van der Waals surface area contributed by atoms with Crippen molar-refractivity contribution in [3.63, 3.8) is 0 Å². The van der Waals surface area contributed by atoms with Gasteiger partial charge in [-0.3, -0.25) is 0 Å². The van der Waals surface area contributed by atoms with Gasteiger partial charge in [-0.15, -0.1) is 22.7 Å². The summed E-state index contributed by atoms with van der Waals surface area (Å²) in [6.07, 6.45) is 7.08. The molecule has 2 saturated heterocycles. The lowest BCUT2D eigenvalue weighted by molar-refractivity contribution is -0.928. The van der Waals surface area contributed by atoms with E-state index >= 15 is 0 Å². The first-order chi connectivity index (χ1) is 11.0. The molecular weight excluding hydrogens is 322 g/mol. The fourth-order valence-corrected chi connectivity index (χ4v) is 6.06. The number of aliphatic hydroxyl groups is 1. The van der Waals surface area contributed by atoms with Gasteiger partial charge in [-0.2, -0.15) is 0 Å². The van der Waals surface area contributed by atoms with E-state index < -0.39 is 5.60 Å². The van der Waals surface area contributed by atoms with Crippen molar-refractivity contribution < 1.29 is 9.59 Å². The van der Waals surface area contributed by atoms with Crippen LogP contribution < -0.4 is 0 Å². The second-order valence-corrected chi connectivity index (χ2v) is 9.34. The third-order valence-corrected chi connectivity index (χ3v) is 7.91. The quantitative estimate of drug-likeness (QED) is 0.646. The molecule has 0 radical (unpaired) electrons. The number of thiophene rings is 2. The summed E-state index contributed by atoms with van der Waals surface area (Å²) in [5.74, 6) is 0. The number of hydrogen-bond donors (Lipinski definition) is 1. The molecule has 2 nitrogen and oxygen atoms in total. The molecule has 23 heavy (non-hydrogen) atoms. The van der Waals surface area contributed by atoms with E-state index in [4.69, 9.17) is 0 Å². The van der Waals surface area contributed by atoms with E-state index in [2.05, 4.69) is 43.1 Å². The van der Waals surface area contributed by atoms with Crippen LogP contribution in [0.5, 0.6) is 0 Å². The second kappa shape index (κ2) is 5.55. The van der Waals surface area contributed by atoms with Crippen LogP contribution in [0.1, 0.15) is 35.4 Å². The van der Waals surface area contributed by atoms with Crippen molar-refractivity contribution in [3.05, 3.63) is 56.4 Å². The van der Waals surface area contributed by atoms with Crippen LogP contribution in [-0.4, -0.2) is 35.8 Å². The Morgan fingerprint density at radius 1 is 1.04 bits per heavy atom. The van der Waals surface area contributed by atoms with Crippen LogP contribution in [0, 0.1) is 0 Å². The van der Waals surface area contributed by atoms with Crippen molar-refractivity contribution >= 4 is 22.7 Å². The van der Waals surface area contributed by atoms with E-state index in [9.17, 15) is 5.11 Å². The van der Waals surface area contributed by atoms with Gasteiger partial charge in [0.25, 0.3) is 0 Å². The summed E-state index contributed by atoms with van der Waals surface area (Å²) in [5.41, 5.74) is 0.491. The number of nitrogens with zero attached hydrogens (tertiary/aromatic N) is 1. The maximum atomic E-state index is 11.5. The predicted octanol–water partition coefficient (Wildman–Crippen LogP) is 4.37. The number of hydrogen-bond acceptors (Lipinski definition) is 3. The Morgan fingerprint density at radius 3 is 2.00 bits per heavy atom. The zero-order chi connectivity index (χ0) is 16.1. The minimum atomic E-state index is -0.953. The van der Waals surface area contributed by atoms with Crippen LogP contribution in [-0.2, 0) is 5.60 Å². The predicted molar refractivity (Wildman–Crippen MR) is 97.9 cm³/mol. The van der Waals surface area contributed by atoms with Gasteiger partial charge in [-0.1, -0.05) is 17.7 Å². The zero-order valence-corrected chi connectivity index (χ0v) is 15.4. The summed E-state index contributed by atoms with van der Waals surface area (Å²) in [7, 11) is 4.76. The lowest BCUT2D eigenvalue weighted by Crippen LogP contribution is -2.53. The second-order valence-electron chi connectivity index (χ2n) is 7.45. The van der Waals surface area contributed by atoms with E-state index in [0.29, 0.717) is 0 Å². The summed E-state index contributed by atoms with van der Waals surface area (Å²) in [5, 5.41) is 15.7. The SMILES string of the molecule is C[N+]1(C)[C@@H]2CC[C@H]1C/C(=C\C(O)(c1cccs1)c1cccs1)C2. The number of quaternary nitrogens is 1. The van der Waals surface area contributed by atoms with Crippen molar-refractivity contribution in [2.24, 2.45) is 0 Å². The van der Waals surface area contributed by atoms with Crippen molar-refractivity contribution in [1.82, 2.24) is 0 Å². The first kappa shape index (κ1) is 15.6. The summed E-state index contributed by atoms with van der Waals surface area (Å²) < 4.78 is 1.16. The zero-order valence-electron chi connectivity index (χ0n) is 13.7. The molecule has 4 rings (SSSR count). The topological polar surface area (TPSA) is 20.2 Å². The molecule has 2 aromatic rings. The van der Waals surface area contributed by atoms with Crippen molar-refractivity contribution in [3.8, 4) is 0 Å². The smallest absolute Gasteiger partial charge is 0.152 e. The van der Waals surface area contributed by atoms with Crippen LogP contribution >= 0.6 is 22.7 Å².